The molecule has 0 saturated heterocycles. The fourth-order valence-electron chi connectivity index (χ4n) is 1.70. The third-order valence-corrected chi connectivity index (χ3v) is 3.80. The summed E-state index contributed by atoms with van der Waals surface area (Å²) in [6.45, 7) is 6.11. The normalized spacial score (nSPS) is 12.2. The van der Waals surface area contributed by atoms with E-state index >= 15 is 0 Å². The molecule has 0 aliphatic rings. The van der Waals surface area contributed by atoms with Crippen LogP contribution in [-0.4, -0.2) is 22.1 Å². The third-order valence-electron chi connectivity index (χ3n) is 2.54. The van der Waals surface area contributed by atoms with E-state index in [-0.39, 0.29) is 6.04 Å². The van der Waals surface area contributed by atoms with Gasteiger partial charge in [0.1, 0.15) is 0 Å². The maximum Gasteiger partial charge on any atom is 0.223 e. The maximum atomic E-state index is 5.02. The Morgan fingerprint density at radius 1 is 1.28 bits per heavy atom. The number of nitrogens with one attached hydrogen (secondary N) is 1. The zero-order valence-corrected chi connectivity index (χ0v) is 11.7. The van der Waals surface area contributed by atoms with Gasteiger partial charge in [-0.05, 0) is 20.8 Å². The number of methoxy groups -OCH3 is 1. The summed E-state index contributed by atoms with van der Waals surface area (Å²) in [4.78, 5) is 14.0. The number of ether oxygens (including phenoxy) is 1. The van der Waals surface area contributed by atoms with Crippen molar-refractivity contribution in [2.45, 2.75) is 26.8 Å². The smallest absolute Gasteiger partial charge is 0.223 e. The van der Waals surface area contributed by atoms with Gasteiger partial charge in [-0.25, -0.2) is 15.0 Å². The molecule has 0 spiro atoms. The van der Waals surface area contributed by atoms with Crippen molar-refractivity contribution in [3.8, 4) is 5.75 Å². The van der Waals surface area contributed by atoms with Crippen molar-refractivity contribution in [1.29, 1.82) is 0 Å². The van der Waals surface area contributed by atoms with Gasteiger partial charge in [-0.3, -0.25) is 0 Å². The molecule has 2 aromatic heterocycles. The van der Waals surface area contributed by atoms with E-state index in [9.17, 15) is 0 Å². The standard InChI is InChI=1S/C12H16N4OS/c1-7-11(18-9(3)15-7)8(2)16-12-13-5-10(17-4)6-14-12/h5-6,8H,1-4H3,(H,13,14,16). The van der Waals surface area contributed by atoms with Crippen molar-refractivity contribution in [3.63, 3.8) is 0 Å². The lowest BCUT2D eigenvalue weighted by atomic mass is 10.2. The number of rotatable bonds is 4. The van der Waals surface area contributed by atoms with E-state index in [1.54, 1.807) is 30.8 Å². The first-order chi connectivity index (χ1) is 8.60. The van der Waals surface area contributed by atoms with Gasteiger partial charge in [0.15, 0.2) is 5.75 Å². The largest absolute Gasteiger partial charge is 0.494 e. The summed E-state index contributed by atoms with van der Waals surface area (Å²) >= 11 is 1.70. The Kier molecular flexibility index (Phi) is 3.76. The van der Waals surface area contributed by atoms with E-state index in [1.165, 1.54) is 4.88 Å². The molecule has 2 aromatic rings. The summed E-state index contributed by atoms with van der Waals surface area (Å²) < 4.78 is 5.02. The molecule has 2 heterocycles. The molecule has 2 rings (SSSR count). The van der Waals surface area contributed by atoms with Crippen molar-refractivity contribution in [3.05, 3.63) is 28.0 Å². The Bertz CT molecular complexity index is 523. The van der Waals surface area contributed by atoms with E-state index < -0.39 is 0 Å². The van der Waals surface area contributed by atoms with Crippen LogP contribution in [0.15, 0.2) is 12.4 Å². The molecule has 0 aliphatic heterocycles. The minimum absolute atomic E-state index is 0.143. The monoisotopic (exact) mass is 264 g/mol. The van der Waals surface area contributed by atoms with Crippen molar-refractivity contribution in [2.24, 2.45) is 0 Å². The molecular weight excluding hydrogens is 248 g/mol. The highest BCUT2D eigenvalue weighted by molar-refractivity contribution is 7.11. The number of aryl methyl sites for hydroxylation is 2. The number of anilines is 1. The lowest BCUT2D eigenvalue weighted by Crippen LogP contribution is -2.09. The lowest BCUT2D eigenvalue weighted by Gasteiger charge is -2.12. The predicted molar refractivity (Wildman–Crippen MR) is 72.2 cm³/mol. The van der Waals surface area contributed by atoms with Gasteiger partial charge >= 0.3 is 0 Å². The minimum Gasteiger partial charge on any atom is -0.494 e. The Balaban J connectivity index is 2.10. The molecule has 1 atom stereocenters. The molecule has 1 N–H and O–H groups in total. The predicted octanol–water partition coefficient (Wildman–Crippen LogP) is 2.73. The summed E-state index contributed by atoms with van der Waals surface area (Å²) in [5, 5.41) is 4.33. The molecule has 1 unspecified atom stereocenters. The van der Waals surface area contributed by atoms with Crippen molar-refractivity contribution >= 4 is 17.3 Å². The van der Waals surface area contributed by atoms with Gasteiger partial charge < -0.3 is 10.1 Å². The first kappa shape index (κ1) is 12.8. The first-order valence-corrected chi connectivity index (χ1v) is 6.48. The Hall–Kier alpha value is -1.69. The Morgan fingerprint density at radius 2 is 1.94 bits per heavy atom. The van der Waals surface area contributed by atoms with E-state index in [0.29, 0.717) is 11.7 Å². The fourth-order valence-corrected chi connectivity index (χ4v) is 2.63. The van der Waals surface area contributed by atoms with E-state index in [2.05, 4.69) is 27.2 Å². The number of hydrogen-bond donors (Lipinski definition) is 1. The van der Waals surface area contributed by atoms with Crippen LogP contribution < -0.4 is 10.1 Å². The lowest BCUT2D eigenvalue weighted by molar-refractivity contribution is 0.411. The number of nitrogens with zero attached hydrogens (tertiary/aromatic N) is 3. The van der Waals surface area contributed by atoms with Crippen molar-refractivity contribution in [2.75, 3.05) is 12.4 Å². The molecule has 0 saturated carbocycles. The molecule has 0 aromatic carbocycles. The van der Waals surface area contributed by atoms with Gasteiger partial charge in [0, 0.05) is 4.88 Å². The molecule has 0 fully saturated rings. The van der Waals surface area contributed by atoms with Gasteiger partial charge in [0.25, 0.3) is 0 Å². The second kappa shape index (κ2) is 5.30. The molecule has 5 nitrogen and oxygen atoms in total. The summed E-state index contributed by atoms with van der Waals surface area (Å²) in [6.07, 6.45) is 3.29. The zero-order valence-electron chi connectivity index (χ0n) is 10.9. The average molecular weight is 264 g/mol. The molecule has 0 aliphatic carbocycles. The van der Waals surface area contributed by atoms with Crippen LogP contribution in [0, 0.1) is 13.8 Å². The second-order valence-corrected chi connectivity index (χ2v) is 5.23. The van der Waals surface area contributed by atoms with Gasteiger partial charge in [-0.2, -0.15) is 0 Å². The highest BCUT2D eigenvalue weighted by atomic mass is 32.1. The van der Waals surface area contributed by atoms with Gasteiger partial charge in [-0.1, -0.05) is 0 Å². The molecule has 0 bridgehead atoms. The highest BCUT2D eigenvalue weighted by Crippen LogP contribution is 2.26. The van der Waals surface area contributed by atoms with E-state index in [0.717, 1.165) is 10.7 Å². The average Bonchev–Trinajstić information content (AvgIpc) is 2.69. The topological polar surface area (TPSA) is 59.9 Å². The fraction of sp³-hybridized carbons (Fsp3) is 0.417. The summed E-state index contributed by atoms with van der Waals surface area (Å²) in [5.74, 6) is 1.24. The van der Waals surface area contributed by atoms with Crippen LogP contribution in [0.5, 0.6) is 5.75 Å². The second-order valence-electron chi connectivity index (χ2n) is 4.00. The van der Waals surface area contributed by atoms with Crippen LogP contribution >= 0.6 is 11.3 Å². The summed E-state index contributed by atoms with van der Waals surface area (Å²) in [7, 11) is 1.60. The van der Waals surface area contributed by atoms with Gasteiger partial charge in [0.2, 0.25) is 5.95 Å². The SMILES string of the molecule is COc1cnc(NC(C)c2sc(C)nc2C)nc1. The van der Waals surface area contributed by atoms with Crippen molar-refractivity contribution in [1.82, 2.24) is 15.0 Å². The van der Waals surface area contributed by atoms with E-state index in [4.69, 9.17) is 4.74 Å². The summed E-state index contributed by atoms with van der Waals surface area (Å²) in [5.41, 5.74) is 1.06. The third kappa shape index (κ3) is 2.76. The molecule has 0 radical (unpaired) electrons. The van der Waals surface area contributed by atoms with Crippen LogP contribution in [0.1, 0.15) is 28.5 Å². The van der Waals surface area contributed by atoms with Crippen LogP contribution in [0.3, 0.4) is 0 Å². The van der Waals surface area contributed by atoms with Crippen LogP contribution in [0.25, 0.3) is 0 Å². The highest BCUT2D eigenvalue weighted by Gasteiger charge is 2.13. The number of aromatic nitrogens is 3. The Labute approximate surface area is 110 Å². The van der Waals surface area contributed by atoms with Crippen LogP contribution in [-0.2, 0) is 0 Å². The summed E-state index contributed by atoms with van der Waals surface area (Å²) in [6, 6.07) is 0.143. The van der Waals surface area contributed by atoms with Gasteiger partial charge in [-0.15, -0.1) is 11.3 Å². The number of thiazole rings is 1. The zero-order chi connectivity index (χ0) is 13.1. The molecule has 18 heavy (non-hydrogen) atoms. The maximum absolute atomic E-state index is 5.02. The Morgan fingerprint density at radius 3 is 2.44 bits per heavy atom. The van der Waals surface area contributed by atoms with Gasteiger partial charge in [0.05, 0.1) is 36.2 Å². The minimum atomic E-state index is 0.143. The number of hydrogen-bond acceptors (Lipinski definition) is 6. The molecular formula is C12H16N4OS. The molecule has 0 amide bonds. The molecule has 96 valence electrons. The quantitative estimate of drug-likeness (QED) is 0.920. The first-order valence-electron chi connectivity index (χ1n) is 5.66. The van der Waals surface area contributed by atoms with E-state index in [1.807, 2.05) is 13.8 Å². The van der Waals surface area contributed by atoms with Crippen LogP contribution in [0.2, 0.25) is 0 Å². The van der Waals surface area contributed by atoms with Crippen LogP contribution in [0.4, 0.5) is 5.95 Å². The molecule has 6 heteroatoms. The van der Waals surface area contributed by atoms with Crippen molar-refractivity contribution < 1.29 is 4.74 Å².